The zero-order chi connectivity index (χ0) is 33.0. The van der Waals surface area contributed by atoms with Crippen LogP contribution >= 0.6 is 0 Å². The van der Waals surface area contributed by atoms with Gasteiger partial charge in [-0.05, 0) is 66.4 Å². The molecule has 5 nitrogen and oxygen atoms in total. The van der Waals surface area contributed by atoms with Gasteiger partial charge >= 0.3 is 0 Å². The first-order chi connectivity index (χ1) is 24.8. The van der Waals surface area contributed by atoms with Gasteiger partial charge in [-0.3, -0.25) is 0 Å². The summed E-state index contributed by atoms with van der Waals surface area (Å²) in [5.41, 5.74) is 10.0. The van der Waals surface area contributed by atoms with Crippen LogP contribution in [0.15, 0.2) is 162 Å². The molecule has 1 aliphatic carbocycles. The van der Waals surface area contributed by atoms with Gasteiger partial charge in [0.25, 0.3) is 0 Å². The molecular formula is C45H30N4O. The lowest BCUT2D eigenvalue weighted by molar-refractivity contribution is 0.669. The number of aromatic nitrogens is 4. The molecule has 0 fully saturated rings. The number of allylic oxidation sites excluding steroid dienone is 4. The predicted octanol–water partition coefficient (Wildman–Crippen LogP) is 11.6. The lowest BCUT2D eigenvalue weighted by atomic mass is 9.98. The third kappa shape index (κ3) is 4.66. The van der Waals surface area contributed by atoms with Gasteiger partial charge in [0.05, 0.1) is 16.6 Å². The van der Waals surface area contributed by atoms with E-state index in [1.54, 1.807) is 0 Å². The summed E-state index contributed by atoms with van der Waals surface area (Å²) >= 11 is 0. The van der Waals surface area contributed by atoms with Crippen LogP contribution in [-0.4, -0.2) is 19.5 Å². The molecule has 10 rings (SSSR count). The molecule has 0 radical (unpaired) electrons. The molecule has 0 amide bonds. The summed E-state index contributed by atoms with van der Waals surface area (Å²) in [5.74, 6) is 1.79. The molecule has 0 aliphatic heterocycles. The van der Waals surface area contributed by atoms with Gasteiger partial charge < -0.3 is 8.98 Å². The Balaban J connectivity index is 1.22. The number of hydrogen-bond donors (Lipinski definition) is 0. The van der Waals surface area contributed by atoms with Gasteiger partial charge in [-0.15, -0.1) is 0 Å². The number of para-hydroxylation sites is 4. The normalized spacial score (nSPS) is 13.1. The van der Waals surface area contributed by atoms with Gasteiger partial charge in [0.1, 0.15) is 11.2 Å². The Bertz CT molecular complexity index is 2820. The average molecular weight is 643 g/mol. The highest BCUT2D eigenvalue weighted by Gasteiger charge is 2.19. The number of fused-ring (bicyclic) bond motifs is 6. The second-order valence-electron chi connectivity index (χ2n) is 12.7. The van der Waals surface area contributed by atoms with Crippen molar-refractivity contribution in [3.05, 3.63) is 163 Å². The van der Waals surface area contributed by atoms with Crippen molar-refractivity contribution in [2.45, 2.75) is 12.8 Å². The maximum absolute atomic E-state index is 6.46. The van der Waals surface area contributed by atoms with Crippen molar-refractivity contribution in [3.8, 4) is 39.9 Å². The van der Waals surface area contributed by atoms with E-state index in [0.717, 1.165) is 73.8 Å². The van der Waals surface area contributed by atoms with Crippen LogP contribution < -0.4 is 0 Å². The highest BCUT2D eigenvalue weighted by molar-refractivity contribution is 6.11. The molecule has 9 aromatic rings. The topological polar surface area (TPSA) is 56.7 Å². The number of rotatable bonds is 5. The van der Waals surface area contributed by atoms with E-state index < -0.39 is 0 Å². The van der Waals surface area contributed by atoms with E-state index in [2.05, 4.69) is 138 Å². The molecule has 0 atom stereocenters. The van der Waals surface area contributed by atoms with Crippen LogP contribution in [0.5, 0.6) is 0 Å². The molecule has 236 valence electrons. The van der Waals surface area contributed by atoms with Crippen molar-refractivity contribution in [2.24, 2.45) is 0 Å². The highest BCUT2D eigenvalue weighted by Crippen LogP contribution is 2.38. The number of hydrogen-bond acceptors (Lipinski definition) is 4. The van der Waals surface area contributed by atoms with Crippen molar-refractivity contribution in [1.29, 1.82) is 0 Å². The second-order valence-corrected chi connectivity index (χ2v) is 12.7. The van der Waals surface area contributed by atoms with Crippen LogP contribution in [0.1, 0.15) is 18.4 Å². The number of furan rings is 1. The third-order valence-electron chi connectivity index (χ3n) is 9.68. The van der Waals surface area contributed by atoms with Crippen LogP contribution in [0.3, 0.4) is 0 Å². The van der Waals surface area contributed by atoms with Crippen LogP contribution in [-0.2, 0) is 0 Å². The average Bonchev–Trinajstić information content (AvgIpc) is 3.74. The Kier molecular flexibility index (Phi) is 6.56. The number of nitrogens with zero attached hydrogens (tertiary/aromatic N) is 4. The van der Waals surface area contributed by atoms with Crippen molar-refractivity contribution >= 4 is 49.3 Å². The largest absolute Gasteiger partial charge is 0.455 e. The summed E-state index contributed by atoms with van der Waals surface area (Å²) in [7, 11) is 0. The molecule has 50 heavy (non-hydrogen) atoms. The summed E-state index contributed by atoms with van der Waals surface area (Å²) in [6.45, 7) is 0. The second kappa shape index (κ2) is 11.5. The maximum Gasteiger partial charge on any atom is 0.167 e. The molecule has 0 spiro atoms. The maximum atomic E-state index is 6.46. The Labute approximate surface area is 288 Å². The van der Waals surface area contributed by atoms with Crippen molar-refractivity contribution < 1.29 is 4.42 Å². The van der Waals surface area contributed by atoms with Crippen LogP contribution in [0.2, 0.25) is 0 Å². The lowest BCUT2D eigenvalue weighted by Gasteiger charge is -2.12. The fraction of sp³-hybridized carbons (Fsp3) is 0.0444. The summed E-state index contributed by atoms with van der Waals surface area (Å²) < 4.78 is 8.79. The van der Waals surface area contributed by atoms with Gasteiger partial charge in [0, 0.05) is 38.4 Å². The van der Waals surface area contributed by atoms with E-state index in [-0.39, 0.29) is 0 Å². The van der Waals surface area contributed by atoms with E-state index in [4.69, 9.17) is 19.4 Å². The van der Waals surface area contributed by atoms with E-state index in [9.17, 15) is 0 Å². The summed E-state index contributed by atoms with van der Waals surface area (Å²) in [4.78, 5) is 15.5. The van der Waals surface area contributed by atoms with Crippen molar-refractivity contribution in [2.75, 3.05) is 0 Å². The Morgan fingerprint density at radius 2 is 1.20 bits per heavy atom. The molecule has 0 bridgehead atoms. The first-order valence-corrected chi connectivity index (χ1v) is 17.0. The Hall–Kier alpha value is -6.59. The fourth-order valence-corrected chi connectivity index (χ4v) is 7.31. The smallest absolute Gasteiger partial charge is 0.167 e. The van der Waals surface area contributed by atoms with Crippen LogP contribution in [0.4, 0.5) is 0 Å². The van der Waals surface area contributed by atoms with Crippen molar-refractivity contribution in [3.63, 3.8) is 0 Å². The molecule has 0 unspecified atom stereocenters. The summed E-state index contributed by atoms with van der Waals surface area (Å²) in [5, 5.41) is 4.48. The zero-order valence-electron chi connectivity index (χ0n) is 27.1. The van der Waals surface area contributed by atoms with Crippen LogP contribution in [0.25, 0.3) is 89.2 Å². The van der Waals surface area contributed by atoms with E-state index in [1.165, 1.54) is 16.3 Å². The van der Waals surface area contributed by atoms with E-state index >= 15 is 0 Å². The molecule has 3 heterocycles. The fourth-order valence-electron chi connectivity index (χ4n) is 7.31. The van der Waals surface area contributed by atoms with Gasteiger partial charge in [-0.2, -0.15) is 0 Å². The standard InChI is InChI=1S/C45H30N4O/c1-3-13-29(14-4-1)30-15-11-16-31(27-30)43-46-44(48-45(47-43)38-22-12-21-37-36-20-8-10-24-41(36)50-42(37)38)32-25-26-35-34-19-7-9-23-39(34)49(40(35)28-32)33-17-5-2-6-18-33/h2-3,5-28H,1,4H2. The van der Waals surface area contributed by atoms with Gasteiger partial charge in [0.2, 0.25) is 0 Å². The minimum Gasteiger partial charge on any atom is -0.455 e. The molecule has 6 aromatic carbocycles. The SMILES string of the molecule is C1=CC(c2cccc(-c3nc(-c4ccc5c6ccccc6n(-c6ccccc6)c5c4)nc(-c4cccc5c4oc4ccccc45)n3)c2)=CCC1. The minimum absolute atomic E-state index is 0.570. The molecule has 5 heteroatoms. The Morgan fingerprint density at radius 1 is 0.500 bits per heavy atom. The predicted molar refractivity (Wildman–Crippen MR) is 204 cm³/mol. The number of benzene rings is 6. The van der Waals surface area contributed by atoms with Crippen LogP contribution in [0, 0.1) is 0 Å². The first kappa shape index (κ1) is 28.4. The zero-order valence-corrected chi connectivity index (χ0v) is 27.1. The third-order valence-corrected chi connectivity index (χ3v) is 9.68. The van der Waals surface area contributed by atoms with Crippen molar-refractivity contribution in [1.82, 2.24) is 19.5 Å². The van der Waals surface area contributed by atoms with E-state index in [1.807, 2.05) is 24.3 Å². The molecular weight excluding hydrogens is 613 g/mol. The quantitative estimate of drug-likeness (QED) is 0.187. The summed E-state index contributed by atoms with van der Waals surface area (Å²) in [6.07, 6.45) is 8.85. The Morgan fingerprint density at radius 3 is 2.06 bits per heavy atom. The molecule has 0 saturated heterocycles. The molecule has 0 saturated carbocycles. The van der Waals surface area contributed by atoms with Gasteiger partial charge in [-0.25, -0.2) is 15.0 Å². The van der Waals surface area contributed by atoms with Gasteiger partial charge in [0.15, 0.2) is 17.5 Å². The minimum atomic E-state index is 0.570. The first-order valence-electron chi connectivity index (χ1n) is 17.0. The monoisotopic (exact) mass is 642 g/mol. The van der Waals surface area contributed by atoms with Gasteiger partial charge in [-0.1, -0.05) is 115 Å². The molecule has 3 aromatic heterocycles. The summed E-state index contributed by atoms with van der Waals surface area (Å²) in [6, 6.07) is 48.4. The molecule has 1 aliphatic rings. The molecule has 0 N–H and O–H groups in total. The lowest BCUT2D eigenvalue weighted by Crippen LogP contribution is -2.01. The van der Waals surface area contributed by atoms with E-state index in [0.29, 0.717) is 17.5 Å². The highest BCUT2D eigenvalue weighted by atomic mass is 16.3.